The molecule has 0 unspecified atom stereocenters. The van der Waals surface area contributed by atoms with Crippen molar-refractivity contribution in [1.82, 2.24) is 10.2 Å². The minimum atomic E-state index is -0.220. The molecule has 0 aromatic heterocycles. The molecule has 4 heteroatoms. The van der Waals surface area contributed by atoms with Crippen LogP contribution in [-0.4, -0.2) is 29.2 Å². The first-order chi connectivity index (χ1) is 15.1. The number of ketones is 1. The van der Waals surface area contributed by atoms with Crippen molar-refractivity contribution in [2.75, 3.05) is 6.54 Å². The van der Waals surface area contributed by atoms with Crippen molar-refractivity contribution < 1.29 is 9.59 Å². The lowest BCUT2D eigenvalue weighted by atomic mass is 9.95. The van der Waals surface area contributed by atoms with E-state index in [1.165, 1.54) is 16.7 Å². The highest BCUT2D eigenvalue weighted by molar-refractivity contribution is 5.94. The van der Waals surface area contributed by atoms with Gasteiger partial charge in [-0.15, -0.1) is 0 Å². The largest absolute Gasteiger partial charge is 0.337 e. The zero-order chi connectivity index (χ0) is 21.6. The van der Waals surface area contributed by atoms with E-state index in [1.54, 1.807) is 6.92 Å². The van der Waals surface area contributed by atoms with Crippen LogP contribution in [0.3, 0.4) is 0 Å². The van der Waals surface area contributed by atoms with E-state index in [2.05, 4.69) is 29.6 Å². The number of amides is 1. The molecular formula is C27H28N2O2. The summed E-state index contributed by atoms with van der Waals surface area (Å²) in [7, 11) is 0. The molecule has 1 heterocycles. The first-order valence-electron chi connectivity index (χ1n) is 10.8. The zero-order valence-corrected chi connectivity index (χ0v) is 17.9. The Kier molecular flexibility index (Phi) is 6.58. The summed E-state index contributed by atoms with van der Waals surface area (Å²) in [4.78, 5) is 27.0. The smallest absolute Gasteiger partial charge is 0.240 e. The van der Waals surface area contributed by atoms with E-state index in [9.17, 15) is 9.59 Å². The van der Waals surface area contributed by atoms with Crippen LogP contribution in [0.15, 0.2) is 78.9 Å². The molecule has 31 heavy (non-hydrogen) atoms. The Morgan fingerprint density at radius 1 is 0.871 bits per heavy atom. The highest BCUT2D eigenvalue weighted by Gasteiger charge is 2.28. The maximum atomic E-state index is 13.5. The number of rotatable bonds is 7. The summed E-state index contributed by atoms with van der Waals surface area (Å²) in [6.45, 7) is 3.46. The van der Waals surface area contributed by atoms with Crippen molar-refractivity contribution in [1.29, 1.82) is 0 Å². The molecule has 3 aromatic rings. The van der Waals surface area contributed by atoms with E-state index in [4.69, 9.17) is 0 Å². The van der Waals surface area contributed by atoms with E-state index in [-0.39, 0.29) is 17.7 Å². The van der Waals surface area contributed by atoms with Gasteiger partial charge in [0.25, 0.3) is 0 Å². The third-order valence-corrected chi connectivity index (χ3v) is 5.94. The van der Waals surface area contributed by atoms with Crippen LogP contribution in [0.25, 0.3) is 0 Å². The van der Waals surface area contributed by atoms with Gasteiger partial charge in [-0.25, -0.2) is 0 Å². The second kappa shape index (κ2) is 9.71. The van der Waals surface area contributed by atoms with Gasteiger partial charge >= 0.3 is 0 Å². The first-order valence-corrected chi connectivity index (χ1v) is 10.8. The molecule has 0 saturated carbocycles. The van der Waals surface area contributed by atoms with Crippen LogP contribution in [0, 0.1) is 0 Å². The topological polar surface area (TPSA) is 49.4 Å². The average Bonchev–Trinajstić information content (AvgIpc) is 2.82. The average molecular weight is 413 g/mol. The second-order valence-corrected chi connectivity index (χ2v) is 8.15. The van der Waals surface area contributed by atoms with Crippen LogP contribution in [0.5, 0.6) is 0 Å². The highest BCUT2D eigenvalue weighted by atomic mass is 16.2. The van der Waals surface area contributed by atoms with Crippen LogP contribution in [-0.2, 0) is 30.7 Å². The summed E-state index contributed by atoms with van der Waals surface area (Å²) in [6.07, 6.45) is 1.52. The summed E-state index contributed by atoms with van der Waals surface area (Å²) in [6, 6.07) is 25.9. The molecule has 1 aliphatic rings. The molecular weight excluding hydrogens is 384 g/mol. The quantitative estimate of drug-likeness (QED) is 0.593. The number of nitrogens with one attached hydrogen (secondary N) is 1. The van der Waals surface area contributed by atoms with Crippen molar-refractivity contribution >= 4 is 11.7 Å². The molecule has 1 N–H and O–H groups in total. The lowest BCUT2D eigenvalue weighted by Crippen LogP contribution is -2.49. The summed E-state index contributed by atoms with van der Waals surface area (Å²) >= 11 is 0. The third kappa shape index (κ3) is 5.28. The van der Waals surface area contributed by atoms with E-state index in [1.807, 2.05) is 59.5 Å². The molecule has 0 saturated heterocycles. The van der Waals surface area contributed by atoms with Gasteiger partial charge in [-0.1, -0.05) is 78.9 Å². The van der Waals surface area contributed by atoms with Crippen LogP contribution >= 0.6 is 0 Å². The summed E-state index contributed by atoms with van der Waals surface area (Å²) in [5, 5.41) is 3.43. The van der Waals surface area contributed by atoms with Gasteiger partial charge in [0, 0.05) is 25.2 Å². The lowest BCUT2D eigenvalue weighted by Gasteiger charge is -2.31. The Balaban J connectivity index is 1.51. The van der Waals surface area contributed by atoms with Crippen LogP contribution in [0.1, 0.15) is 39.5 Å². The molecule has 1 atom stereocenters. The summed E-state index contributed by atoms with van der Waals surface area (Å²) in [5.41, 5.74) is 5.45. The summed E-state index contributed by atoms with van der Waals surface area (Å²) in [5.74, 6) is 0.176. The van der Waals surface area contributed by atoms with Gasteiger partial charge in [0.15, 0.2) is 5.78 Å². The van der Waals surface area contributed by atoms with Gasteiger partial charge in [0.05, 0.1) is 6.04 Å². The minimum absolute atomic E-state index is 0.0497. The molecule has 0 aliphatic carbocycles. The van der Waals surface area contributed by atoms with E-state index >= 15 is 0 Å². The Morgan fingerprint density at radius 2 is 1.55 bits per heavy atom. The summed E-state index contributed by atoms with van der Waals surface area (Å²) < 4.78 is 0. The van der Waals surface area contributed by atoms with Gasteiger partial charge in [-0.2, -0.15) is 0 Å². The number of fused-ring (bicyclic) bond motifs is 1. The van der Waals surface area contributed by atoms with Gasteiger partial charge in [-0.3, -0.25) is 9.59 Å². The predicted molar refractivity (Wildman–Crippen MR) is 123 cm³/mol. The number of carbonyl (C=O) groups excluding carboxylic acids is 2. The molecule has 4 rings (SSSR count). The molecule has 3 aromatic carbocycles. The molecule has 0 spiro atoms. The predicted octanol–water partition coefficient (Wildman–Crippen LogP) is 4.18. The standard InChI is InChI=1S/C27H28N2O2/c1-20(30)23-13-11-22(12-14-23)19-29(16-15-21-7-3-2-4-8-21)27(31)26-17-24-9-5-6-10-25(24)18-28-26/h2-14,26,28H,15-19H2,1H3/t26-/m0/s1. The van der Waals surface area contributed by atoms with E-state index in [0.717, 1.165) is 12.0 Å². The third-order valence-electron chi connectivity index (χ3n) is 5.94. The number of benzene rings is 3. The minimum Gasteiger partial charge on any atom is -0.337 e. The van der Waals surface area contributed by atoms with Crippen molar-refractivity contribution in [3.05, 3.63) is 107 Å². The monoisotopic (exact) mass is 412 g/mol. The van der Waals surface area contributed by atoms with Crippen molar-refractivity contribution in [3.8, 4) is 0 Å². The Morgan fingerprint density at radius 3 is 2.26 bits per heavy atom. The van der Waals surface area contributed by atoms with Gasteiger partial charge in [-0.05, 0) is 42.0 Å². The molecule has 1 amide bonds. The number of carbonyl (C=O) groups is 2. The molecule has 158 valence electrons. The van der Waals surface area contributed by atoms with Gasteiger partial charge in [0.2, 0.25) is 5.91 Å². The normalized spacial score (nSPS) is 15.2. The fourth-order valence-electron chi connectivity index (χ4n) is 4.09. The van der Waals surface area contributed by atoms with E-state index in [0.29, 0.717) is 31.6 Å². The lowest BCUT2D eigenvalue weighted by molar-refractivity contribution is -0.134. The fourth-order valence-corrected chi connectivity index (χ4v) is 4.09. The zero-order valence-electron chi connectivity index (χ0n) is 17.9. The second-order valence-electron chi connectivity index (χ2n) is 8.15. The van der Waals surface area contributed by atoms with Gasteiger partial charge < -0.3 is 10.2 Å². The highest BCUT2D eigenvalue weighted by Crippen LogP contribution is 2.19. The first kappa shape index (κ1) is 21.0. The Labute approximate surface area is 183 Å². The maximum Gasteiger partial charge on any atom is 0.240 e. The van der Waals surface area contributed by atoms with Crippen LogP contribution in [0.4, 0.5) is 0 Å². The molecule has 4 nitrogen and oxygen atoms in total. The van der Waals surface area contributed by atoms with Crippen LogP contribution in [0.2, 0.25) is 0 Å². The SMILES string of the molecule is CC(=O)c1ccc(CN(CCc2ccccc2)C(=O)[C@@H]2Cc3ccccc3CN2)cc1. The van der Waals surface area contributed by atoms with Crippen molar-refractivity contribution in [2.24, 2.45) is 0 Å². The molecule has 0 radical (unpaired) electrons. The fraction of sp³-hybridized carbons (Fsp3) is 0.259. The van der Waals surface area contributed by atoms with Crippen LogP contribution < -0.4 is 5.32 Å². The molecule has 0 bridgehead atoms. The molecule has 1 aliphatic heterocycles. The number of hydrogen-bond acceptors (Lipinski definition) is 3. The number of hydrogen-bond donors (Lipinski definition) is 1. The van der Waals surface area contributed by atoms with Crippen molar-refractivity contribution in [2.45, 2.75) is 38.9 Å². The Hall–Kier alpha value is -3.24. The number of Topliss-reactive ketones (excluding diaryl/α,β-unsaturated/α-hetero) is 1. The number of nitrogens with zero attached hydrogens (tertiary/aromatic N) is 1. The Bertz CT molecular complexity index is 1040. The maximum absolute atomic E-state index is 13.5. The van der Waals surface area contributed by atoms with Crippen molar-refractivity contribution in [3.63, 3.8) is 0 Å². The van der Waals surface area contributed by atoms with Gasteiger partial charge in [0.1, 0.15) is 0 Å². The molecule has 0 fully saturated rings. The van der Waals surface area contributed by atoms with E-state index < -0.39 is 0 Å².